The number of nitrogens with one attached hydrogen (secondary N) is 1. The van der Waals surface area contributed by atoms with Crippen LogP contribution in [0.2, 0.25) is 0 Å². The molecule has 4 nitrogen and oxygen atoms in total. The molecule has 19 heavy (non-hydrogen) atoms. The Kier molecular flexibility index (Phi) is 4.74. The third-order valence-corrected chi connectivity index (χ3v) is 3.17. The highest BCUT2D eigenvalue weighted by Gasteiger charge is 2.07. The van der Waals surface area contributed by atoms with Crippen molar-refractivity contribution in [3.8, 4) is 0 Å². The van der Waals surface area contributed by atoms with Crippen LogP contribution in [0.3, 0.4) is 0 Å². The lowest BCUT2D eigenvalue weighted by Crippen LogP contribution is -2.15. The molecule has 0 bridgehead atoms. The number of anilines is 1. The van der Waals surface area contributed by atoms with Crippen molar-refractivity contribution in [2.45, 2.75) is 19.8 Å². The maximum Gasteiger partial charge on any atom is 0.412 e. The second-order valence-corrected chi connectivity index (χ2v) is 5.06. The van der Waals surface area contributed by atoms with Gasteiger partial charge >= 0.3 is 6.09 Å². The van der Waals surface area contributed by atoms with Gasteiger partial charge < -0.3 is 4.74 Å². The Morgan fingerprint density at radius 1 is 1.42 bits per heavy atom. The molecule has 0 aliphatic carbocycles. The van der Waals surface area contributed by atoms with Crippen molar-refractivity contribution in [3.63, 3.8) is 0 Å². The van der Waals surface area contributed by atoms with Crippen molar-refractivity contribution in [2.24, 2.45) is 0 Å². The zero-order valence-electron chi connectivity index (χ0n) is 10.6. The molecule has 0 aliphatic rings. The predicted molar refractivity (Wildman–Crippen MR) is 79.3 cm³/mol. The quantitative estimate of drug-likeness (QED) is 0.851. The van der Waals surface area contributed by atoms with E-state index in [-0.39, 0.29) is 0 Å². The van der Waals surface area contributed by atoms with Gasteiger partial charge in [-0.05, 0) is 36.1 Å². The number of aromatic nitrogens is 1. The molecular formula is C14H15BrN2O2. The average Bonchev–Trinajstić information content (AvgIpc) is 2.39. The van der Waals surface area contributed by atoms with Crippen LogP contribution in [0, 0.1) is 0 Å². The highest BCUT2D eigenvalue weighted by molar-refractivity contribution is 9.10. The van der Waals surface area contributed by atoms with E-state index >= 15 is 0 Å². The van der Waals surface area contributed by atoms with Crippen LogP contribution in [0.1, 0.15) is 19.8 Å². The number of nitrogens with zero attached hydrogens (tertiary/aromatic N) is 1. The van der Waals surface area contributed by atoms with Crippen LogP contribution in [0.25, 0.3) is 10.8 Å². The summed E-state index contributed by atoms with van der Waals surface area (Å²) in [6.45, 7) is 2.48. The SMILES string of the molecule is CCCCOC(=O)Nc1nccc2cc(Br)ccc12. The fraction of sp³-hybridized carbons (Fsp3) is 0.286. The summed E-state index contributed by atoms with van der Waals surface area (Å²) in [4.78, 5) is 15.8. The van der Waals surface area contributed by atoms with Gasteiger partial charge in [-0.15, -0.1) is 0 Å². The number of benzene rings is 1. The normalized spacial score (nSPS) is 10.4. The Hall–Kier alpha value is -1.62. The smallest absolute Gasteiger partial charge is 0.412 e. The highest BCUT2D eigenvalue weighted by Crippen LogP contribution is 2.24. The Labute approximate surface area is 120 Å². The summed E-state index contributed by atoms with van der Waals surface area (Å²) in [6.07, 6.45) is 3.06. The summed E-state index contributed by atoms with van der Waals surface area (Å²) in [5, 5.41) is 4.57. The number of unbranched alkanes of at least 4 members (excludes halogenated alkanes) is 1. The van der Waals surface area contributed by atoms with E-state index in [1.54, 1.807) is 6.20 Å². The third kappa shape index (κ3) is 3.67. The fourth-order valence-corrected chi connectivity index (χ4v) is 2.07. The van der Waals surface area contributed by atoms with Gasteiger partial charge in [-0.3, -0.25) is 5.32 Å². The van der Waals surface area contributed by atoms with E-state index in [0.29, 0.717) is 12.4 Å². The van der Waals surface area contributed by atoms with Crippen LogP contribution in [-0.4, -0.2) is 17.7 Å². The zero-order chi connectivity index (χ0) is 13.7. The van der Waals surface area contributed by atoms with Crippen LogP contribution < -0.4 is 5.32 Å². The lowest BCUT2D eigenvalue weighted by molar-refractivity contribution is 0.160. The van der Waals surface area contributed by atoms with E-state index < -0.39 is 6.09 Å². The molecule has 0 saturated carbocycles. The van der Waals surface area contributed by atoms with E-state index in [4.69, 9.17) is 4.74 Å². The van der Waals surface area contributed by atoms with Crippen molar-refractivity contribution in [1.29, 1.82) is 0 Å². The van der Waals surface area contributed by atoms with Gasteiger partial charge in [-0.25, -0.2) is 9.78 Å². The van der Waals surface area contributed by atoms with E-state index in [9.17, 15) is 4.79 Å². The number of fused-ring (bicyclic) bond motifs is 1. The Morgan fingerprint density at radius 3 is 3.05 bits per heavy atom. The number of hydrogen-bond acceptors (Lipinski definition) is 3. The molecule has 0 saturated heterocycles. The Morgan fingerprint density at radius 2 is 2.26 bits per heavy atom. The van der Waals surface area contributed by atoms with Crippen molar-refractivity contribution in [2.75, 3.05) is 11.9 Å². The van der Waals surface area contributed by atoms with E-state index in [1.807, 2.05) is 31.2 Å². The summed E-state index contributed by atoms with van der Waals surface area (Å²) < 4.78 is 6.05. The molecule has 0 fully saturated rings. The number of pyridine rings is 1. The molecule has 1 heterocycles. The molecule has 1 aromatic carbocycles. The molecule has 0 aliphatic heterocycles. The number of hydrogen-bond donors (Lipinski definition) is 1. The number of carbonyl (C=O) groups excluding carboxylic acids is 1. The zero-order valence-corrected chi connectivity index (χ0v) is 12.2. The number of halogens is 1. The van der Waals surface area contributed by atoms with E-state index in [0.717, 1.165) is 28.1 Å². The average molecular weight is 323 g/mol. The molecule has 1 N–H and O–H groups in total. The Bertz CT molecular complexity index is 587. The van der Waals surface area contributed by atoms with Crippen LogP contribution in [0.15, 0.2) is 34.9 Å². The standard InChI is InChI=1S/C14H15BrN2O2/c1-2-3-8-19-14(18)17-13-12-5-4-11(15)9-10(12)6-7-16-13/h4-7,9H,2-3,8H2,1H3,(H,16,17,18). The fourth-order valence-electron chi connectivity index (χ4n) is 1.69. The second-order valence-electron chi connectivity index (χ2n) is 4.14. The first-order valence-electron chi connectivity index (χ1n) is 6.18. The minimum Gasteiger partial charge on any atom is -0.449 e. The van der Waals surface area contributed by atoms with Crippen molar-refractivity contribution < 1.29 is 9.53 Å². The van der Waals surface area contributed by atoms with Crippen LogP contribution >= 0.6 is 15.9 Å². The highest BCUT2D eigenvalue weighted by atomic mass is 79.9. The summed E-state index contributed by atoms with van der Waals surface area (Å²) in [5.41, 5.74) is 0. The van der Waals surface area contributed by atoms with Gasteiger partial charge in [0.25, 0.3) is 0 Å². The topological polar surface area (TPSA) is 51.2 Å². The summed E-state index contributed by atoms with van der Waals surface area (Å²) in [5.74, 6) is 0.520. The first-order valence-corrected chi connectivity index (χ1v) is 6.98. The third-order valence-electron chi connectivity index (χ3n) is 2.68. The van der Waals surface area contributed by atoms with Gasteiger partial charge in [0.1, 0.15) is 5.82 Å². The van der Waals surface area contributed by atoms with E-state index in [2.05, 4.69) is 26.2 Å². The lowest BCUT2D eigenvalue weighted by Gasteiger charge is -2.08. The maximum atomic E-state index is 11.6. The van der Waals surface area contributed by atoms with Crippen LogP contribution in [0.5, 0.6) is 0 Å². The van der Waals surface area contributed by atoms with Crippen molar-refractivity contribution in [3.05, 3.63) is 34.9 Å². The summed E-state index contributed by atoms with van der Waals surface area (Å²) in [6, 6.07) is 7.70. The van der Waals surface area contributed by atoms with Crippen LogP contribution in [0.4, 0.5) is 10.6 Å². The molecule has 0 spiro atoms. The van der Waals surface area contributed by atoms with Crippen LogP contribution in [-0.2, 0) is 4.74 Å². The molecule has 5 heteroatoms. The Balaban J connectivity index is 2.14. The van der Waals surface area contributed by atoms with Crippen molar-refractivity contribution in [1.82, 2.24) is 4.98 Å². The van der Waals surface area contributed by atoms with Gasteiger partial charge in [0.05, 0.1) is 6.61 Å². The minimum absolute atomic E-state index is 0.429. The maximum absolute atomic E-state index is 11.6. The van der Waals surface area contributed by atoms with Gasteiger partial charge in [-0.1, -0.05) is 29.3 Å². The first kappa shape index (κ1) is 13.8. The number of ether oxygens (including phenoxy) is 1. The molecular weight excluding hydrogens is 308 g/mol. The van der Waals surface area contributed by atoms with Gasteiger partial charge in [0.2, 0.25) is 0 Å². The van der Waals surface area contributed by atoms with Gasteiger partial charge in [-0.2, -0.15) is 0 Å². The molecule has 0 atom stereocenters. The number of rotatable bonds is 4. The van der Waals surface area contributed by atoms with Crippen molar-refractivity contribution >= 4 is 38.6 Å². The van der Waals surface area contributed by atoms with Gasteiger partial charge in [0, 0.05) is 16.1 Å². The molecule has 2 aromatic rings. The lowest BCUT2D eigenvalue weighted by atomic mass is 10.1. The molecule has 1 amide bonds. The van der Waals surface area contributed by atoms with E-state index in [1.165, 1.54) is 0 Å². The molecule has 0 unspecified atom stereocenters. The molecule has 1 aromatic heterocycles. The molecule has 0 radical (unpaired) electrons. The number of carbonyl (C=O) groups is 1. The summed E-state index contributed by atoms with van der Waals surface area (Å²) >= 11 is 3.42. The molecule has 100 valence electrons. The molecule has 2 rings (SSSR count). The summed E-state index contributed by atoms with van der Waals surface area (Å²) in [7, 11) is 0. The predicted octanol–water partition coefficient (Wildman–Crippen LogP) is 4.35. The first-order chi connectivity index (χ1) is 9.20. The largest absolute Gasteiger partial charge is 0.449 e. The second kappa shape index (κ2) is 6.52. The monoisotopic (exact) mass is 322 g/mol. The minimum atomic E-state index is -0.462. The number of amides is 1. The van der Waals surface area contributed by atoms with Gasteiger partial charge in [0.15, 0.2) is 0 Å².